The third kappa shape index (κ3) is 4.46. The minimum atomic E-state index is -0.819. The van der Waals surface area contributed by atoms with E-state index in [-0.39, 0.29) is 17.4 Å². The van der Waals surface area contributed by atoms with E-state index in [0.29, 0.717) is 22.6 Å². The van der Waals surface area contributed by atoms with E-state index in [1.807, 2.05) is 32.0 Å². The molecule has 1 aromatic heterocycles. The molecule has 0 amide bonds. The number of carbonyl (C=O) groups excluding carboxylic acids is 2. The standard InChI is InChI=1S/C25H20FN3O3/c1-16-8-13-21(14-17(16)2)29-24(19-9-11-20(26)12-10-19)27-23(28-29)25(31)32-15-22(30)18-6-4-3-5-7-18/h3-14H,15H2,1-2H3. The smallest absolute Gasteiger partial charge is 0.378 e. The Bertz CT molecular complexity index is 1280. The predicted molar refractivity (Wildman–Crippen MR) is 117 cm³/mol. The van der Waals surface area contributed by atoms with Gasteiger partial charge >= 0.3 is 5.97 Å². The van der Waals surface area contributed by atoms with E-state index in [9.17, 15) is 14.0 Å². The summed E-state index contributed by atoms with van der Waals surface area (Å²) in [5.41, 5.74) is 3.87. The van der Waals surface area contributed by atoms with Crippen LogP contribution in [0.2, 0.25) is 0 Å². The van der Waals surface area contributed by atoms with Crippen molar-refractivity contribution in [2.45, 2.75) is 13.8 Å². The number of ketones is 1. The number of esters is 1. The van der Waals surface area contributed by atoms with E-state index in [2.05, 4.69) is 10.1 Å². The molecular weight excluding hydrogens is 409 g/mol. The van der Waals surface area contributed by atoms with E-state index in [1.165, 1.54) is 16.8 Å². The number of ether oxygens (including phenoxy) is 1. The maximum atomic E-state index is 13.4. The molecule has 0 saturated carbocycles. The van der Waals surface area contributed by atoms with Crippen molar-refractivity contribution in [1.82, 2.24) is 14.8 Å². The van der Waals surface area contributed by atoms with E-state index in [0.717, 1.165) is 11.1 Å². The Kier molecular flexibility index (Phi) is 5.89. The fraction of sp³-hybridized carbons (Fsp3) is 0.120. The number of aryl methyl sites for hydroxylation is 2. The van der Waals surface area contributed by atoms with Crippen molar-refractivity contribution in [3.05, 3.63) is 101 Å². The molecule has 32 heavy (non-hydrogen) atoms. The highest BCUT2D eigenvalue weighted by Crippen LogP contribution is 2.23. The lowest BCUT2D eigenvalue weighted by Gasteiger charge is -2.08. The maximum Gasteiger partial charge on any atom is 0.378 e. The molecule has 4 aromatic rings. The molecule has 0 aliphatic rings. The molecule has 1 heterocycles. The van der Waals surface area contributed by atoms with Crippen molar-refractivity contribution >= 4 is 11.8 Å². The molecular formula is C25H20FN3O3. The molecule has 6 nitrogen and oxygen atoms in total. The van der Waals surface area contributed by atoms with Crippen LogP contribution in [0.1, 0.15) is 32.1 Å². The highest BCUT2D eigenvalue weighted by molar-refractivity contribution is 5.98. The monoisotopic (exact) mass is 429 g/mol. The lowest BCUT2D eigenvalue weighted by Crippen LogP contribution is -2.15. The average Bonchev–Trinajstić information content (AvgIpc) is 3.25. The Morgan fingerprint density at radius 3 is 2.34 bits per heavy atom. The van der Waals surface area contributed by atoms with Gasteiger partial charge in [-0.05, 0) is 61.4 Å². The van der Waals surface area contributed by atoms with Gasteiger partial charge in [0.05, 0.1) is 5.69 Å². The molecule has 0 unspecified atom stereocenters. The van der Waals surface area contributed by atoms with Crippen LogP contribution in [0.25, 0.3) is 17.1 Å². The first-order chi connectivity index (χ1) is 15.4. The second-order valence-corrected chi connectivity index (χ2v) is 7.31. The van der Waals surface area contributed by atoms with Crippen LogP contribution in [0, 0.1) is 19.7 Å². The van der Waals surface area contributed by atoms with Gasteiger partial charge in [-0.3, -0.25) is 4.79 Å². The lowest BCUT2D eigenvalue weighted by molar-refractivity contribution is 0.0462. The van der Waals surface area contributed by atoms with Crippen LogP contribution in [0.4, 0.5) is 4.39 Å². The van der Waals surface area contributed by atoms with Gasteiger partial charge in [0.15, 0.2) is 18.2 Å². The summed E-state index contributed by atoms with van der Waals surface area (Å²) in [5, 5.41) is 4.33. The van der Waals surface area contributed by atoms with Crippen LogP contribution in [-0.4, -0.2) is 33.1 Å². The third-order valence-electron chi connectivity index (χ3n) is 5.06. The number of hydrogen-bond donors (Lipinski definition) is 0. The zero-order valence-corrected chi connectivity index (χ0v) is 17.6. The van der Waals surface area contributed by atoms with Crippen LogP contribution in [0.3, 0.4) is 0 Å². The van der Waals surface area contributed by atoms with Gasteiger partial charge in [0, 0.05) is 11.1 Å². The Morgan fingerprint density at radius 2 is 1.66 bits per heavy atom. The first kappa shape index (κ1) is 21.1. The van der Waals surface area contributed by atoms with Crippen LogP contribution in [-0.2, 0) is 4.74 Å². The highest BCUT2D eigenvalue weighted by atomic mass is 19.1. The molecule has 0 atom stereocenters. The van der Waals surface area contributed by atoms with Crippen molar-refractivity contribution in [2.24, 2.45) is 0 Å². The summed E-state index contributed by atoms with van der Waals surface area (Å²) in [4.78, 5) is 29.2. The van der Waals surface area contributed by atoms with E-state index in [4.69, 9.17) is 4.74 Å². The predicted octanol–water partition coefficient (Wildman–Crippen LogP) is 4.73. The molecule has 0 radical (unpaired) electrons. The molecule has 4 rings (SSSR count). The number of aromatic nitrogens is 3. The van der Waals surface area contributed by atoms with E-state index < -0.39 is 12.6 Å². The molecule has 7 heteroatoms. The van der Waals surface area contributed by atoms with Gasteiger partial charge in [-0.2, -0.15) is 0 Å². The molecule has 160 valence electrons. The van der Waals surface area contributed by atoms with Gasteiger partial charge in [0.1, 0.15) is 5.82 Å². The summed E-state index contributed by atoms with van der Waals surface area (Å²) < 4.78 is 20.1. The Labute approximate surface area is 184 Å². The maximum absolute atomic E-state index is 13.4. The quantitative estimate of drug-likeness (QED) is 0.327. The van der Waals surface area contributed by atoms with Crippen LogP contribution < -0.4 is 0 Å². The summed E-state index contributed by atoms with van der Waals surface area (Å²) in [6, 6.07) is 20.0. The molecule has 0 saturated heterocycles. The van der Waals surface area contributed by atoms with Crippen LogP contribution in [0.5, 0.6) is 0 Å². The van der Waals surface area contributed by atoms with Crippen LogP contribution >= 0.6 is 0 Å². The first-order valence-electron chi connectivity index (χ1n) is 9.98. The van der Waals surface area contributed by atoms with Crippen LogP contribution in [0.15, 0.2) is 72.8 Å². The average molecular weight is 429 g/mol. The summed E-state index contributed by atoms with van der Waals surface area (Å²) in [5.74, 6) is -1.37. The van der Waals surface area contributed by atoms with E-state index >= 15 is 0 Å². The summed E-state index contributed by atoms with van der Waals surface area (Å²) >= 11 is 0. The second-order valence-electron chi connectivity index (χ2n) is 7.31. The van der Waals surface area contributed by atoms with Gasteiger partial charge in [0.25, 0.3) is 5.82 Å². The zero-order valence-electron chi connectivity index (χ0n) is 17.6. The SMILES string of the molecule is Cc1ccc(-n2nc(C(=O)OCC(=O)c3ccccc3)nc2-c2ccc(F)cc2)cc1C. The number of benzene rings is 3. The number of Topliss-reactive ketones (excluding diaryl/α,β-unsaturated/α-hetero) is 1. The molecule has 0 fully saturated rings. The van der Waals surface area contributed by atoms with Crippen molar-refractivity contribution in [1.29, 1.82) is 0 Å². The van der Waals surface area contributed by atoms with Gasteiger partial charge in [0.2, 0.25) is 0 Å². The highest BCUT2D eigenvalue weighted by Gasteiger charge is 2.21. The number of nitrogens with zero attached hydrogens (tertiary/aromatic N) is 3. The van der Waals surface area contributed by atoms with Crippen molar-refractivity contribution in [3.63, 3.8) is 0 Å². The Hall–Kier alpha value is -4.13. The largest absolute Gasteiger partial charge is 0.451 e. The normalized spacial score (nSPS) is 10.7. The van der Waals surface area contributed by atoms with Gasteiger partial charge < -0.3 is 4.74 Å². The molecule has 0 aliphatic carbocycles. The van der Waals surface area contributed by atoms with Gasteiger partial charge in [-0.15, -0.1) is 5.10 Å². The molecule has 0 spiro atoms. The fourth-order valence-corrected chi connectivity index (χ4v) is 3.12. The molecule has 0 aliphatic heterocycles. The summed E-state index contributed by atoms with van der Waals surface area (Å²) in [7, 11) is 0. The summed E-state index contributed by atoms with van der Waals surface area (Å²) in [6.07, 6.45) is 0. The third-order valence-corrected chi connectivity index (χ3v) is 5.06. The minimum Gasteiger partial charge on any atom is -0.451 e. The number of carbonyl (C=O) groups is 2. The fourth-order valence-electron chi connectivity index (χ4n) is 3.12. The topological polar surface area (TPSA) is 74.1 Å². The van der Waals surface area contributed by atoms with Gasteiger partial charge in [-0.1, -0.05) is 36.4 Å². The number of hydrogen-bond acceptors (Lipinski definition) is 5. The molecule has 0 bridgehead atoms. The van der Waals surface area contributed by atoms with Crippen molar-refractivity contribution in [3.8, 4) is 17.1 Å². The molecule has 3 aromatic carbocycles. The lowest BCUT2D eigenvalue weighted by atomic mass is 10.1. The number of halogens is 1. The molecule has 0 N–H and O–H groups in total. The van der Waals surface area contributed by atoms with Crippen molar-refractivity contribution < 1.29 is 18.7 Å². The van der Waals surface area contributed by atoms with Gasteiger partial charge in [-0.25, -0.2) is 18.9 Å². The first-order valence-corrected chi connectivity index (χ1v) is 9.98. The Balaban J connectivity index is 1.65. The number of rotatable bonds is 6. The minimum absolute atomic E-state index is 0.191. The summed E-state index contributed by atoms with van der Waals surface area (Å²) in [6.45, 7) is 3.54. The van der Waals surface area contributed by atoms with Crippen molar-refractivity contribution in [2.75, 3.05) is 6.61 Å². The second kappa shape index (κ2) is 8.93. The van der Waals surface area contributed by atoms with E-state index in [1.54, 1.807) is 42.5 Å². The zero-order chi connectivity index (χ0) is 22.7. The Morgan fingerprint density at radius 1 is 0.938 bits per heavy atom.